The molecule has 1 aromatic heterocycles. The molecule has 0 unspecified atom stereocenters. The molecule has 23 heavy (non-hydrogen) atoms. The van der Waals surface area contributed by atoms with Crippen molar-refractivity contribution in [2.75, 3.05) is 6.61 Å². The predicted octanol–water partition coefficient (Wildman–Crippen LogP) is 0.639. The summed E-state index contributed by atoms with van der Waals surface area (Å²) in [6.07, 6.45) is 0. The van der Waals surface area contributed by atoms with Gasteiger partial charge in [0.2, 0.25) is 0 Å². The number of carboxylic acids is 2. The molecule has 0 aliphatic carbocycles. The lowest BCUT2D eigenvalue weighted by atomic mass is 10.2. The normalized spacial score (nSPS) is 10.1. The minimum Gasteiger partial charge on any atom is -0.479 e. The molecule has 120 valence electrons. The van der Waals surface area contributed by atoms with Crippen molar-refractivity contribution in [3.63, 3.8) is 0 Å². The van der Waals surface area contributed by atoms with Gasteiger partial charge in [0.15, 0.2) is 18.1 Å². The molecule has 0 saturated carbocycles. The Kier molecular flexibility index (Phi) is 4.98. The molecule has 0 fully saturated rings. The summed E-state index contributed by atoms with van der Waals surface area (Å²) in [4.78, 5) is 39.1. The lowest BCUT2D eigenvalue weighted by molar-refractivity contribution is -0.139. The Morgan fingerprint density at radius 2 is 1.74 bits per heavy atom. The largest absolute Gasteiger partial charge is 0.479 e. The quantitative estimate of drug-likeness (QED) is 0.769. The molecule has 0 aliphatic heterocycles. The zero-order valence-corrected chi connectivity index (χ0v) is 11.8. The Morgan fingerprint density at radius 1 is 1.04 bits per heavy atom. The first-order valence-electron chi connectivity index (χ1n) is 6.50. The third-order valence-corrected chi connectivity index (χ3v) is 2.78. The van der Waals surface area contributed by atoms with Gasteiger partial charge in [-0.3, -0.25) is 4.79 Å². The molecule has 1 aromatic carbocycles. The fraction of sp³-hybridized carbons (Fsp3) is 0.133. The summed E-state index contributed by atoms with van der Waals surface area (Å²) in [5, 5.41) is 17.7. The van der Waals surface area contributed by atoms with Crippen LogP contribution in [0.1, 0.15) is 16.1 Å². The highest BCUT2D eigenvalue weighted by Gasteiger charge is 2.17. The van der Waals surface area contributed by atoms with Gasteiger partial charge in [-0.25, -0.2) is 9.59 Å². The predicted molar refractivity (Wildman–Crippen MR) is 77.5 cm³/mol. The summed E-state index contributed by atoms with van der Waals surface area (Å²) < 4.78 is 5.40. The SMILES string of the molecule is O=C(O)COc1ccc(C(=O)O)n(OCc2ccccc2)c1=O. The highest BCUT2D eigenvalue weighted by atomic mass is 16.7. The van der Waals surface area contributed by atoms with E-state index in [2.05, 4.69) is 0 Å². The van der Waals surface area contributed by atoms with Crippen LogP contribution >= 0.6 is 0 Å². The number of ether oxygens (including phenoxy) is 1. The number of hydrogen-bond donors (Lipinski definition) is 2. The Balaban J connectivity index is 2.30. The van der Waals surface area contributed by atoms with Crippen LogP contribution in [0.5, 0.6) is 5.75 Å². The fourth-order valence-electron chi connectivity index (χ4n) is 1.75. The number of carboxylic acid groups (broad SMARTS) is 2. The van der Waals surface area contributed by atoms with E-state index in [4.69, 9.17) is 19.8 Å². The number of benzene rings is 1. The summed E-state index contributed by atoms with van der Waals surface area (Å²) in [7, 11) is 0. The fourth-order valence-corrected chi connectivity index (χ4v) is 1.75. The van der Waals surface area contributed by atoms with E-state index in [9.17, 15) is 14.4 Å². The number of nitrogens with zero attached hydrogens (tertiary/aromatic N) is 1. The number of aliphatic carboxylic acids is 1. The minimum absolute atomic E-state index is 0.0383. The third-order valence-electron chi connectivity index (χ3n) is 2.78. The number of pyridine rings is 1. The van der Waals surface area contributed by atoms with Crippen molar-refractivity contribution < 1.29 is 29.4 Å². The smallest absolute Gasteiger partial charge is 0.356 e. The molecule has 0 aliphatic rings. The molecule has 0 amide bonds. The summed E-state index contributed by atoms with van der Waals surface area (Å²) in [6.45, 7) is -0.760. The van der Waals surface area contributed by atoms with Crippen molar-refractivity contribution in [2.24, 2.45) is 0 Å². The molecule has 0 spiro atoms. The van der Waals surface area contributed by atoms with Crippen LogP contribution in [0.2, 0.25) is 0 Å². The molecule has 0 atom stereocenters. The van der Waals surface area contributed by atoms with E-state index in [0.29, 0.717) is 4.73 Å². The van der Waals surface area contributed by atoms with Gasteiger partial charge >= 0.3 is 17.5 Å². The maximum Gasteiger partial charge on any atom is 0.356 e. The van der Waals surface area contributed by atoms with Gasteiger partial charge in [0.1, 0.15) is 6.61 Å². The molecule has 8 heteroatoms. The van der Waals surface area contributed by atoms with E-state index < -0.39 is 29.8 Å². The maximum absolute atomic E-state index is 12.2. The van der Waals surface area contributed by atoms with Crippen LogP contribution in [0.3, 0.4) is 0 Å². The van der Waals surface area contributed by atoms with E-state index in [-0.39, 0.29) is 12.4 Å². The average molecular weight is 319 g/mol. The molecule has 2 aromatic rings. The first-order chi connectivity index (χ1) is 11.0. The van der Waals surface area contributed by atoms with Crippen molar-refractivity contribution >= 4 is 11.9 Å². The molecule has 0 radical (unpaired) electrons. The average Bonchev–Trinajstić information content (AvgIpc) is 2.53. The van der Waals surface area contributed by atoms with Gasteiger partial charge in [-0.1, -0.05) is 30.3 Å². The summed E-state index contributed by atoms with van der Waals surface area (Å²) in [5.41, 5.74) is -0.553. The monoisotopic (exact) mass is 319 g/mol. The number of rotatable bonds is 7. The summed E-state index contributed by atoms with van der Waals surface area (Å²) in [6, 6.07) is 11.0. The Bertz CT molecular complexity index is 767. The molecule has 0 saturated heterocycles. The molecule has 2 N–H and O–H groups in total. The zero-order chi connectivity index (χ0) is 16.8. The highest BCUT2D eigenvalue weighted by Crippen LogP contribution is 2.07. The second-order valence-electron chi connectivity index (χ2n) is 4.43. The van der Waals surface area contributed by atoms with E-state index in [1.54, 1.807) is 30.3 Å². The first kappa shape index (κ1) is 16.1. The lowest BCUT2D eigenvalue weighted by Crippen LogP contribution is -2.32. The zero-order valence-electron chi connectivity index (χ0n) is 11.8. The number of hydrogen-bond acceptors (Lipinski definition) is 5. The standard InChI is InChI=1S/C15H13NO7/c17-13(18)9-22-12-7-6-11(15(20)21)16(14(12)19)23-8-10-4-2-1-3-5-10/h1-7H,8-9H2,(H,17,18)(H,20,21). The van der Waals surface area contributed by atoms with Crippen LogP contribution < -0.4 is 15.1 Å². The van der Waals surface area contributed by atoms with Gasteiger partial charge in [0.05, 0.1) is 0 Å². The number of aromatic nitrogens is 1. The van der Waals surface area contributed by atoms with E-state index in [0.717, 1.165) is 17.7 Å². The molecule has 0 bridgehead atoms. The van der Waals surface area contributed by atoms with Crippen LogP contribution in [-0.2, 0) is 11.4 Å². The van der Waals surface area contributed by atoms with Gasteiger partial charge in [0.25, 0.3) is 0 Å². The van der Waals surface area contributed by atoms with Gasteiger partial charge < -0.3 is 19.8 Å². The second kappa shape index (κ2) is 7.12. The minimum atomic E-state index is -1.36. The third kappa shape index (κ3) is 4.10. The first-order valence-corrected chi connectivity index (χ1v) is 6.50. The van der Waals surface area contributed by atoms with E-state index >= 15 is 0 Å². The van der Waals surface area contributed by atoms with Gasteiger partial charge in [-0.15, -0.1) is 4.73 Å². The van der Waals surface area contributed by atoms with Crippen LogP contribution in [0.4, 0.5) is 0 Å². The number of aromatic carboxylic acids is 1. The van der Waals surface area contributed by atoms with Crippen LogP contribution in [-0.4, -0.2) is 33.5 Å². The molecule has 2 rings (SSSR count). The van der Waals surface area contributed by atoms with Crippen LogP contribution in [0.25, 0.3) is 0 Å². The molecule has 1 heterocycles. The molecular formula is C15H13NO7. The van der Waals surface area contributed by atoms with Crippen LogP contribution in [0, 0.1) is 0 Å². The summed E-state index contributed by atoms with van der Waals surface area (Å²) >= 11 is 0. The van der Waals surface area contributed by atoms with Crippen molar-refractivity contribution in [1.29, 1.82) is 0 Å². The maximum atomic E-state index is 12.2. The highest BCUT2D eigenvalue weighted by molar-refractivity contribution is 5.85. The number of carbonyl (C=O) groups is 2. The van der Waals surface area contributed by atoms with Crippen molar-refractivity contribution in [3.05, 3.63) is 64.1 Å². The topological polar surface area (TPSA) is 115 Å². The van der Waals surface area contributed by atoms with E-state index in [1.165, 1.54) is 0 Å². The lowest BCUT2D eigenvalue weighted by Gasteiger charge is -2.13. The van der Waals surface area contributed by atoms with Gasteiger partial charge in [-0.2, -0.15) is 0 Å². The van der Waals surface area contributed by atoms with Gasteiger partial charge in [-0.05, 0) is 17.7 Å². The van der Waals surface area contributed by atoms with Crippen molar-refractivity contribution in [3.8, 4) is 5.75 Å². The van der Waals surface area contributed by atoms with Crippen molar-refractivity contribution in [1.82, 2.24) is 4.73 Å². The Morgan fingerprint density at radius 3 is 2.35 bits per heavy atom. The van der Waals surface area contributed by atoms with E-state index in [1.807, 2.05) is 0 Å². The van der Waals surface area contributed by atoms with Crippen LogP contribution in [0.15, 0.2) is 47.3 Å². The second-order valence-corrected chi connectivity index (χ2v) is 4.43. The Hall–Kier alpha value is -3.29. The summed E-state index contributed by atoms with van der Waals surface area (Å²) in [5.74, 6) is -2.94. The van der Waals surface area contributed by atoms with Gasteiger partial charge in [0, 0.05) is 0 Å². The van der Waals surface area contributed by atoms with Crippen molar-refractivity contribution in [2.45, 2.75) is 6.61 Å². The molecule has 8 nitrogen and oxygen atoms in total. The Labute approximate surface area is 130 Å². The molecular weight excluding hydrogens is 306 g/mol.